The molecule has 134 valence electrons. The summed E-state index contributed by atoms with van der Waals surface area (Å²) in [6.45, 7) is 0.204. The van der Waals surface area contributed by atoms with E-state index in [1.54, 1.807) is 28.8 Å². The summed E-state index contributed by atoms with van der Waals surface area (Å²) < 4.78 is 1.56. The standard InChI is InChI=1S/C18H12N4O5/c19-8-11-2-1-3-12(6-11)9-21-10-15(18(24)20-25)17(23)14-7-13(22(26)27)4-5-16(14)21/h1-7,10,25H,9H2,(H,20,24). The summed E-state index contributed by atoms with van der Waals surface area (Å²) in [7, 11) is 0. The molecule has 1 amide bonds. The summed E-state index contributed by atoms with van der Waals surface area (Å²) in [6, 6.07) is 12.6. The fourth-order valence-electron chi connectivity index (χ4n) is 2.79. The minimum Gasteiger partial charge on any atom is -0.342 e. The monoisotopic (exact) mass is 364 g/mol. The number of carbonyl (C=O) groups is 1. The molecule has 2 N–H and O–H groups in total. The van der Waals surface area contributed by atoms with Crippen LogP contribution in [0.15, 0.2) is 53.5 Å². The first kappa shape index (κ1) is 17.8. The van der Waals surface area contributed by atoms with Crippen LogP contribution in [0.2, 0.25) is 0 Å². The largest absolute Gasteiger partial charge is 0.342 e. The first-order chi connectivity index (χ1) is 12.9. The summed E-state index contributed by atoms with van der Waals surface area (Å²) in [5.74, 6) is -1.02. The Morgan fingerprint density at radius 2 is 2.07 bits per heavy atom. The SMILES string of the molecule is N#Cc1cccc(Cn2cc(C(=O)NO)c(=O)c3cc([N+](=O)[O-])ccc32)c1. The van der Waals surface area contributed by atoms with Crippen molar-refractivity contribution in [2.24, 2.45) is 0 Å². The molecule has 0 atom stereocenters. The topological polar surface area (TPSA) is 138 Å². The van der Waals surface area contributed by atoms with E-state index in [9.17, 15) is 19.7 Å². The van der Waals surface area contributed by atoms with E-state index in [4.69, 9.17) is 10.5 Å². The van der Waals surface area contributed by atoms with Crippen molar-refractivity contribution in [3.05, 3.63) is 85.7 Å². The van der Waals surface area contributed by atoms with Crippen LogP contribution in [0.25, 0.3) is 10.9 Å². The van der Waals surface area contributed by atoms with Crippen LogP contribution in [0.4, 0.5) is 5.69 Å². The highest BCUT2D eigenvalue weighted by atomic mass is 16.6. The number of nitriles is 1. The summed E-state index contributed by atoms with van der Waals surface area (Å²) in [6.07, 6.45) is 1.26. The summed E-state index contributed by atoms with van der Waals surface area (Å²) in [4.78, 5) is 34.8. The summed E-state index contributed by atoms with van der Waals surface area (Å²) in [5, 5.41) is 28.9. The van der Waals surface area contributed by atoms with Gasteiger partial charge < -0.3 is 4.57 Å². The Morgan fingerprint density at radius 1 is 1.30 bits per heavy atom. The van der Waals surface area contributed by atoms with E-state index in [-0.39, 0.29) is 23.2 Å². The minimum absolute atomic E-state index is 0.0262. The maximum absolute atomic E-state index is 12.6. The number of aromatic nitrogens is 1. The van der Waals surface area contributed by atoms with Crippen molar-refractivity contribution in [2.45, 2.75) is 6.54 Å². The number of benzene rings is 2. The lowest BCUT2D eigenvalue weighted by molar-refractivity contribution is -0.384. The third-order valence-corrected chi connectivity index (χ3v) is 4.03. The number of fused-ring (bicyclic) bond motifs is 1. The Hall–Kier alpha value is -4.03. The smallest absolute Gasteiger partial charge is 0.280 e. The van der Waals surface area contributed by atoms with Crippen molar-refractivity contribution >= 4 is 22.5 Å². The molecule has 0 bridgehead atoms. The van der Waals surface area contributed by atoms with E-state index >= 15 is 0 Å². The van der Waals surface area contributed by atoms with E-state index in [0.717, 1.165) is 11.6 Å². The number of hydrogen-bond donors (Lipinski definition) is 2. The van der Waals surface area contributed by atoms with Gasteiger partial charge in [0.25, 0.3) is 11.6 Å². The summed E-state index contributed by atoms with van der Waals surface area (Å²) >= 11 is 0. The molecular weight excluding hydrogens is 352 g/mol. The van der Waals surface area contributed by atoms with Gasteiger partial charge in [-0.3, -0.25) is 24.9 Å². The molecule has 1 aromatic heterocycles. The number of amides is 1. The van der Waals surface area contributed by atoms with Crippen LogP contribution in [-0.4, -0.2) is 20.6 Å². The van der Waals surface area contributed by atoms with Crippen molar-refractivity contribution in [3.8, 4) is 6.07 Å². The maximum Gasteiger partial charge on any atom is 0.280 e. The first-order valence-corrected chi connectivity index (χ1v) is 7.69. The average molecular weight is 364 g/mol. The molecule has 0 radical (unpaired) electrons. The second kappa shape index (κ2) is 7.07. The molecular formula is C18H12N4O5. The van der Waals surface area contributed by atoms with E-state index in [1.165, 1.54) is 23.8 Å². The number of nitrogens with zero attached hydrogens (tertiary/aromatic N) is 3. The average Bonchev–Trinajstić information content (AvgIpc) is 2.69. The highest BCUT2D eigenvalue weighted by molar-refractivity contribution is 5.97. The van der Waals surface area contributed by atoms with Gasteiger partial charge in [0.1, 0.15) is 5.56 Å². The zero-order valence-electron chi connectivity index (χ0n) is 13.7. The van der Waals surface area contributed by atoms with Crippen molar-refractivity contribution in [1.82, 2.24) is 10.0 Å². The Morgan fingerprint density at radius 3 is 2.74 bits per heavy atom. The summed E-state index contributed by atoms with van der Waals surface area (Å²) in [5.41, 5.74) is 1.57. The molecule has 2 aromatic carbocycles. The molecule has 0 saturated carbocycles. The van der Waals surface area contributed by atoms with Gasteiger partial charge in [0, 0.05) is 24.9 Å². The molecule has 0 fully saturated rings. The highest BCUT2D eigenvalue weighted by Crippen LogP contribution is 2.20. The van der Waals surface area contributed by atoms with Crippen LogP contribution < -0.4 is 10.9 Å². The van der Waals surface area contributed by atoms with Crippen molar-refractivity contribution in [3.63, 3.8) is 0 Å². The number of hydroxylamine groups is 1. The highest BCUT2D eigenvalue weighted by Gasteiger charge is 2.18. The maximum atomic E-state index is 12.6. The van der Waals surface area contributed by atoms with E-state index in [0.29, 0.717) is 11.1 Å². The second-order valence-corrected chi connectivity index (χ2v) is 5.71. The van der Waals surface area contributed by atoms with Gasteiger partial charge in [-0.1, -0.05) is 12.1 Å². The lowest BCUT2D eigenvalue weighted by Gasteiger charge is -2.13. The molecule has 1 heterocycles. The number of carbonyl (C=O) groups excluding carboxylic acids is 1. The molecule has 0 saturated heterocycles. The van der Waals surface area contributed by atoms with E-state index in [2.05, 4.69) is 0 Å². The Labute approximate surface area is 151 Å². The molecule has 9 heteroatoms. The fourth-order valence-corrected chi connectivity index (χ4v) is 2.79. The number of non-ortho nitro benzene ring substituents is 1. The van der Waals surface area contributed by atoms with Gasteiger partial charge in [0.15, 0.2) is 0 Å². The number of nitro benzene ring substituents is 1. The van der Waals surface area contributed by atoms with Crippen LogP contribution in [0.1, 0.15) is 21.5 Å². The predicted octanol–water partition coefficient (Wildman–Crippen LogP) is 1.95. The quantitative estimate of drug-likeness (QED) is 0.412. The lowest BCUT2D eigenvalue weighted by Crippen LogP contribution is -2.27. The molecule has 3 rings (SSSR count). The number of pyridine rings is 1. The van der Waals surface area contributed by atoms with Crippen LogP contribution in [-0.2, 0) is 6.54 Å². The lowest BCUT2D eigenvalue weighted by atomic mass is 10.1. The third kappa shape index (κ3) is 3.37. The normalized spacial score (nSPS) is 10.4. The van der Waals surface area contributed by atoms with Crippen molar-refractivity contribution in [1.29, 1.82) is 5.26 Å². The van der Waals surface area contributed by atoms with Crippen LogP contribution in [0.3, 0.4) is 0 Å². The minimum atomic E-state index is -1.02. The Bertz CT molecular complexity index is 1180. The van der Waals surface area contributed by atoms with E-state index < -0.39 is 16.3 Å². The number of nitro groups is 1. The Kier molecular flexibility index (Phi) is 4.66. The van der Waals surface area contributed by atoms with Crippen molar-refractivity contribution < 1.29 is 14.9 Å². The van der Waals surface area contributed by atoms with Gasteiger partial charge >= 0.3 is 0 Å². The molecule has 0 aliphatic carbocycles. The molecule has 0 aliphatic heterocycles. The zero-order chi connectivity index (χ0) is 19.6. The molecule has 3 aromatic rings. The van der Waals surface area contributed by atoms with Gasteiger partial charge in [-0.25, -0.2) is 5.48 Å². The van der Waals surface area contributed by atoms with Crippen LogP contribution in [0, 0.1) is 21.4 Å². The number of hydrogen-bond acceptors (Lipinski definition) is 6. The van der Waals surface area contributed by atoms with Gasteiger partial charge in [-0.2, -0.15) is 5.26 Å². The number of rotatable bonds is 4. The van der Waals surface area contributed by atoms with Gasteiger partial charge in [0.05, 0.1) is 27.5 Å². The van der Waals surface area contributed by atoms with Gasteiger partial charge in [0.2, 0.25) is 5.43 Å². The van der Waals surface area contributed by atoms with Crippen LogP contribution in [0.5, 0.6) is 0 Å². The van der Waals surface area contributed by atoms with Gasteiger partial charge in [-0.15, -0.1) is 0 Å². The van der Waals surface area contributed by atoms with Crippen molar-refractivity contribution in [2.75, 3.05) is 0 Å². The Balaban J connectivity index is 2.25. The fraction of sp³-hybridized carbons (Fsp3) is 0.0556. The molecule has 27 heavy (non-hydrogen) atoms. The van der Waals surface area contributed by atoms with Gasteiger partial charge in [-0.05, 0) is 23.8 Å². The molecule has 0 spiro atoms. The third-order valence-electron chi connectivity index (χ3n) is 4.03. The molecule has 0 unspecified atom stereocenters. The first-order valence-electron chi connectivity index (χ1n) is 7.69. The second-order valence-electron chi connectivity index (χ2n) is 5.71. The van der Waals surface area contributed by atoms with Crippen LogP contribution >= 0.6 is 0 Å². The predicted molar refractivity (Wildman–Crippen MR) is 94.4 cm³/mol. The molecule has 9 nitrogen and oxygen atoms in total. The number of nitrogens with one attached hydrogen (secondary N) is 1. The molecule has 0 aliphatic rings. The zero-order valence-corrected chi connectivity index (χ0v) is 13.7. The van der Waals surface area contributed by atoms with E-state index in [1.807, 2.05) is 6.07 Å².